The molecule has 1 amide bonds. The molecule has 0 spiro atoms. The van der Waals surface area contributed by atoms with Crippen LogP contribution in [0.5, 0.6) is 17.2 Å². The maximum absolute atomic E-state index is 13.1. The van der Waals surface area contributed by atoms with E-state index in [9.17, 15) is 9.59 Å². The molecular formula is C25H29N3O6S. The fourth-order valence-electron chi connectivity index (χ4n) is 3.16. The van der Waals surface area contributed by atoms with E-state index < -0.39 is 11.7 Å². The number of aromatic nitrogens is 1. The van der Waals surface area contributed by atoms with Crippen molar-refractivity contribution in [2.24, 2.45) is 0 Å². The molecule has 0 saturated heterocycles. The standard InChI is InChI=1S/C25H29N3O6S/c1-25(2,3)34-24(30)28-26-13-15-7-9-16(10-8-15)23-27-18(14-35-23)21(29)17-11-19(31-4)22(33-6)20(12-17)32-5/h7-12,14,26H,13H2,1-6H3,(H,28,30). The van der Waals surface area contributed by atoms with Crippen LogP contribution in [-0.2, 0) is 11.3 Å². The van der Waals surface area contributed by atoms with E-state index in [1.165, 1.54) is 32.7 Å². The summed E-state index contributed by atoms with van der Waals surface area (Å²) in [5.41, 5.74) is 7.32. The zero-order valence-electron chi connectivity index (χ0n) is 20.6. The molecule has 1 aromatic heterocycles. The van der Waals surface area contributed by atoms with E-state index in [-0.39, 0.29) is 5.78 Å². The van der Waals surface area contributed by atoms with Crippen molar-refractivity contribution < 1.29 is 28.5 Å². The molecule has 0 bridgehead atoms. The van der Waals surface area contributed by atoms with Gasteiger partial charge in [0.05, 0.1) is 21.3 Å². The molecule has 0 fully saturated rings. The van der Waals surface area contributed by atoms with Crippen LogP contribution in [0.3, 0.4) is 0 Å². The Kier molecular flexibility index (Phi) is 8.31. The molecule has 0 saturated carbocycles. The number of benzene rings is 2. The summed E-state index contributed by atoms with van der Waals surface area (Å²) >= 11 is 1.38. The van der Waals surface area contributed by atoms with Crippen LogP contribution in [0.25, 0.3) is 10.6 Å². The van der Waals surface area contributed by atoms with E-state index in [1.807, 2.05) is 24.3 Å². The number of ketones is 1. The molecule has 0 aliphatic carbocycles. The molecule has 2 aromatic carbocycles. The highest BCUT2D eigenvalue weighted by Crippen LogP contribution is 2.39. The maximum Gasteiger partial charge on any atom is 0.422 e. The predicted molar refractivity (Wildman–Crippen MR) is 133 cm³/mol. The largest absolute Gasteiger partial charge is 0.493 e. The Morgan fingerprint density at radius 3 is 2.14 bits per heavy atom. The molecule has 10 heteroatoms. The highest BCUT2D eigenvalue weighted by Gasteiger charge is 2.20. The number of nitrogens with one attached hydrogen (secondary N) is 2. The SMILES string of the molecule is COc1cc(C(=O)c2csc(-c3ccc(CNNC(=O)OC(C)(C)C)cc3)n2)cc(OC)c1OC. The van der Waals surface area contributed by atoms with Gasteiger partial charge in [0.15, 0.2) is 11.5 Å². The highest BCUT2D eigenvalue weighted by molar-refractivity contribution is 7.13. The van der Waals surface area contributed by atoms with Gasteiger partial charge in [-0.25, -0.2) is 15.2 Å². The molecular weight excluding hydrogens is 470 g/mol. The van der Waals surface area contributed by atoms with E-state index in [1.54, 1.807) is 38.3 Å². The van der Waals surface area contributed by atoms with Crippen LogP contribution in [0.1, 0.15) is 42.4 Å². The van der Waals surface area contributed by atoms with Gasteiger partial charge in [0.2, 0.25) is 11.5 Å². The van der Waals surface area contributed by atoms with Crippen molar-refractivity contribution in [3.8, 4) is 27.8 Å². The van der Waals surface area contributed by atoms with Crippen molar-refractivity contribution in [2.45, 2.75) is 32.9 Å². The molecule has 186 valence electrons. The number of hydrogen-bond acceptors (Lipinski definition) is 9. The first kappa shape index (κ1) is 26.0. The lowest BCUT2D eigenvalue weighted by molar-refractivity contribution is 0.0497. The normalized spacial score (nSPS) is 11.0. The number of carbonyl (C=O) groups is 2. The van der Waals surface area contributed by atoms with Crippen LogP contribution in [0.15, 0.2) is 41.8 Å². The zero-order valence-corrected chi connectivity index (χ0v) is 21.4. The second kappa shape index (κ2) is 11.2. The van der Waals surface area contributed by atoms with Crippen molar-refractivity contribution in [3.63, 3.8) is 0 Å². The fraction of sp³-hybridized carbons (Fsp3) is 0.320. The number of hydrogen-bond donors (Lipinski definition) is 2. The molecule has 35 heavy (non-hydrogen) atoms. The Hall–Kier alpha value is -3.63. The topological polar surface area (TPSA) is 108 Å². The van der Waals surface area contributed by atoms with Crippen LogP contribution in [0.2, 0.25) is 0 Å². The Morgan fingerprint density at radius 1 is 0.971 bits per heavy atom. The van der Waals surface area contributed by atoms with Crippen LogP contribution in [-0.4, -0.2) is 43.8 Å². The van der Waals surface area contributed by atoms with Crippen LogP contribution in [0, 0.1) is 0 Å². The van der Waals surface area contributed by atoms with Crippen molar-refractivity contribution >= 4 is 23.2 Å². The molecule has 1 heterocycles. The number of rotatable bonds is 9. The molecule has 0 unspecified atom stereocenters. The van der Waals surface area contributed by atoms with Gasteiger partial charge in [-0.1, -0.05) is 24.3 Å². The first-order valence-corrected chi connectivity index (χ1v) is 11.6. The average molecular weight is 500 g/mol. The van der Waals surface area contributed by atoms with Gasteiger partial charge in [-0.05, 0) is 38.5 Å². The molecule has 3 rings (SSSR count). The Bertz CT molecular complexity index is 1160. The van der Waals surface area contributed by atoms with Crippen LogP contribution >= 0.6 is 11.3 Å². The van der Waals surface area contributed by atoms with Crippen LogP contribution in [0.4, 0.5) is 4.79 Å². The van der Waals surface area contributed by atoms with Crippen molar-refractivity contribution in [2.75, 3.05) is 21.3 Å². The average Bonchev–Trinajstić information content (AvgIpc) is 3.32. The molecule has 0 atom stereocenters. The number of amides is 1. The quantitative estimate of drug-likeness (QED) is 0.325. The summed E-state index contributed by atoms with van der Waals surface area (Å²) in [6, 6.07) is 10.9. The monoisotopic (exact) mass is 499 g/mol. The van der Waals surface area contributed by atoms with E-state index >= 15 is 0 Å². The van der Waals surface area contributed by atoms with Gasteiger partial charge in [0, 0.05) is 23.1 Å². The molecule has 2 N–H and O–H groups in total. The number of hydrazine groups is 1. The molecule has 0 radical (unpaired) electrons. The van der Waals surface area contributed by atoms with E-state index in [4.69, 9.17) is 18.9 Å². The number of nitrogens with zero attached hydrogens (tertiary/aromatic N) is 1. The summed E-state index contributed by atoms with van der Waals surface area (Å²) in [4.78, 5) is 29.3. The Balaban J connectivity index is 1.68. The number of carbonyl (C=O) groups excluding carboxylic acids is 2. The molecule has 9 nitrogen and oxygen atoms in total. The van der Waals surface area contributed by atoms with Gasteiger partial charge in [-0.15, -0.1) is 11.3 Å². The van der Waals surface area contributed by atoms with Gasteiger partial charge in [-0.3, -0.25) is 10.2 Å². The minimum atomic E-state index is -0.563. The Labute approximate surface area is 208 Å². The number of thiazole rings is 1. The second-order valence-corrected chi connectivity index (χ2v) is 9.32. The molecule has 0 aliphatic heterocycles. The van der Waals surface area contributed by atoms with Gasteiger partial charge in [0.1, 0.15) is 16.3 Å². The summed E-state index contributed by atoms with van der Waals surface area (Å²) < 4.78 is 21.2. The first-order chi connectivity index (χ1) is 16.6. The summed E-state index contributed by atoms with van der Waals surface area (Å²) in [5, 5.41) is 2.44. The van der Waals surface area contributed by atoms with Crippen molar-refractivity contribution in [3.05, 3.63) is 58.6 Å². The lowest BCUT2D eigenvalue weighted by Crippen LogP contribution is -2.40. The summed E-state index contributed by atoms with van der Waals surface area (Å²) in [5.74, 6) is 0.967. The highest BCUT2D eigenvalue weighted by atomic mass is 32.1. The predicted octanol–water partition coefficient (Wildman–Crippen LogP) is 4.60. The Morgan fingerprint density at radius 2 is 1.60 bits per heavy atom. The van der Waals surface area contributed by atoms with Crippen LogP contribution < -0.4 is 25.1 Å². The molecule has 3 aromatic rings. The first-order valence-electron chi connectivity index (χ1n) is 10.8. The van der Waals surface area contributed by atoms with E-state index in [2.05, 4.69) is 15.8 Å². The third-order valence-electron chi connectivity index (χ3n) is 4.75. The minimum absolute atomic E-state index is 0.249. The molecule has 0 aliphatic rings. The summed E-state index contributed by atoms with van der Waals surface area (Å²) in [6.07, 6.45) is -0.541. The fourth-order valence-corrected chi connectivity index (χ4v) is 3.96. The van der Waals surface area contributed by atoms with E-state index in [0.29, 0.717) is 40.1 Å². The lowest BCUT2D eigenvalue weighted by atomic mass is 10.1. The van der Waals surface area contributed by atoms with Gasteiger partial charge in [0.25, 0.3) is 0 Å². The van der Waals surface area contributed by atoms with Gasteiger partial charge < -0.3 is 18.9 Å². The lowest BCUT2D eigenvalue weighted by Gasteiger charge is -2.19. The summed E-state index contributed by atoms with van der Waals surface area (Å²) in [6.45, 7) is 5.82. The maximum atomic E-state index is 13.1. The smallest absolute Gasteiger partial charge is 0.422 e. The third kappa shape index (κ3) is 6.71. The van der Waals surface area contributed by atoms with Gasteiger partial charge >= 0.3 is 6.09 Å². The van der Waals surface area contributed by atoms with E-state index in [0.717, 1.165) is 11.1 Å². The number of methoxy groups -OCH3 is 3. The summed E-state index contributed by atoms with van der Waals surface area (Å²) in [7, 11) is 4.51. The zero-order chi connectivity index (χ0) is 25.6. The minimum Gasteiger partial charge on any atom is -0.493 e. The van der Waals surface area contributed by atoms with Crippen molar-refractivity contribution in [1.29, 1.82) is 0 Å². The van der Waals surface area contributed by atoms with Crippen molar-refractivity contribution in [1.82, 2.24) is 15.8 Å². The number of ether oxygens (including phenoxy) is 4. The second-order valence-electron chi connectivity index (χ2n) is 8.46. The van der Waals surface area contributed by atoms with Gasteiger partial charge in [-0.2, -0.15) is 0 Å². The third-order valence-corrected chi connectivity index (χ3v) is 5.64.